The molecular formula is C9H11ClN6O. The van der Waals surface area contributed by atoms with Crippen LogP contribution in [-0.4, -0.2) is 30.9 Å². The van der Waals surface area contributed by atoms with Crippen molar-refractivity contribution in [3.05, 3.63) is 16.5 Å². The summed E-state index contributed by atoms with van der Waals surface area (Å²) < 4.78 is 1.59. The number of amides is 1. The van der Waals surface area contributed by atoms with Gasteiger partial charge < -0.3 is 5.73 Å². The fraction of sp³-hybridized carbons (Fsp3) is 0.333. The third kappa shape index (κ3) is 2.14. The Balaban J connectivity index is 2.40. The summed E-state index contributed by atoms with van der Waals surface area (Å²) in [6.07, 6.45) is 0.0153. The zero-order valence-electron chi connectivity index (χ0n) is 9.36. The summed E-state index contributed by atoms with van der Waals surface area (Å²) in [5.41, 5.74) is 6.37. The van der Waals surface area contributed by atoms with Crippen LogP contribution >= 0.6 is 11.6 Å². The maximum atomic E-state index is 10.7. The first-order valence-corrected chi connectivity index (χ1v) is 5.26. The zero-order valence-corrected chi connectivity index (χ0v) is 10.1. The molecule has 0 bridgehead atoms. The van der Waals surface area contributed by atoms with E-state index in [1.54, 1.807) is 18.7 Å². The van der Waals surface area contributed by atoms with Crippen LogP contribution < -0.4 is 5.73 Å². The van der Waals surface area contributed by atoms with Gasteiger partial charge in [0.15, 0.2) is 0 Å². The minimum absolute atomic E-state index is 0.0153. The maximum Gasteiger partial charge on any atom is 0.225 e. The predicted molar refractivity (Wildman–Crippen MR) is 61.2 cm³/mol. The molecule has 0 aromatic carbocycles. The number of aryl methyl sites for hydroxylation is 2. The molecule has 2 rings (SSSR count). The van der Waals surface area contributed by atoms with Gasteiger partial charge in [0, 0.05) is 7.05 Å². The van der Waals surface area contributed by atoms with Crippen molar-refractivity contribution in [2.45, 2.75) is 13.3 Å². The van der Waals surface area contributed by atoms with Crippen molar-refractivity contribution in [1.29, 1.82) is 0 Å². The molecule has 0 radical (unpaired) electrons. The van der Waals surface area contributed by atoms with Crippen LogP contribution in [0.1, 0.15) is 11.5 Å². The monoisotopic (exact) mass is 254 g/mol. The Morgan fingerprint density at radius 2 is 2.29 bits per heavy atom. The third-order valence-electron chi connectivity index (χ3n) is 2.23. The average Bonchev–Trinajstić information content (AvgIpc) is 2.73. The summed E-state index contributed by atoms with van der Waals surface area (Å²) in [7, 11) is 1.75. The first-order valence-electron chi connectivity index (χ1n) is 4.88. The van der Waals surface area contributed by atoms with Gasteiger partial charge in [-0.1, -0.05) is 11.6 Å². The van der Waals surface area contributed by atoms with E-state index in [0.29, 0.717) is 28.1 Å². The SMILES string of the molecule is Cc1nn(C)c(-c2n[nH]c(CC(N)=O)n2)c1Cl. The van der Waals surface area contributed by atoms with Gasteiger partial charge in [-0.25, -0.2) is 4.98 Å². The molecule has 0 unspecified atom stereocenters. The molecular weight excluding hydrogens is 244 g/mol. The van der Waals surface area contributed by atoms with Crippen molar-refractivity contribution < 1.29 is 4.79 Å². The van der Waals surface area contributed by atoms with Crippen LogP contribution in [0.15, 0.2) is 0 Å². The standard InChI is InChI=1S/C9H11ClN6O/c1-4-7(10)8(16(2)15-4)9-12-6(13-14-9)3-5(11)17/h3H2,1-2H3,(H2,11,17)(H,12,13,14). The summed E-state index contributed by atoms with van der Waals surface area (Å²) in [6, 6.07) is 0. The van der Waals surface area contributed by atoms with E-state index in [-0.39, 0.29) is 6.42 Å². The molecule has 0 saturated carbocycles. The molecule has 3 N–H and O–H groups in total. The van der Waals surface area contributed by atoms with Crippen LogP contribution in [0.25, 0.3) is 11.5 Å². The van der Waals surface area contributed by atoms with E-state index in [4.69, 9.17) is 17.3 Å². The summed E-state index contributed by atoms with van der Waals surface area (Å²) in [6.45, 7) is 1.79. The summed E-state index contributed by atoms with van der Waals surface area (Å²) in [4.78, 5) is 14.9. The number of rotatable bonds is 3. The van der Waals surface area contributed by atoms with Gasteiger partial charge >= 0.3 is 0 Å². The lowest BCUT2D eigenvalue weighted by Crippen LogP contribution is -2.14. The number of aromatic nitrogens is 5. The number of aromatic amines is 1. The fourth-order valence-electron chi connectivity index (χ4n) is 1.52. The molecule has 0 aliphatic heterocycles. The molecule has 0 saturated heterocycles. The number of nitrogens with two attached hydrogens (primary N) is 1. The summed E-state index contributed by atoms with van der Waals surface area (Å²) >= 11 is 6.09. The molecule has 0 aliphatic rings. The first kappa shape index (κ1) is 11.6. The topological polar surface area (TPSA) is 102 Å². The number of carbonyl (C=O) groups excluding carboxylic acids is 1. The number of primary amides is 1. The third-order valence-corrected chi connectivity index (χ3v) is 2.69. The van der Waals surface area contributed by atoms with Crippen LogP contribution in [0.4, 0.5) is 0 Å². The van der Waals surface area contributed by atoms with Gasteiger partial charge in [-0.15, -0.1) is 0 Å². The Bertz CT molecular complexity index is 572. The second-order valence-electron chi connectivity index (χ2n) is 3.62. The number of H-pyrrole nitrogens is 1. The lowest BCUT2D eigenvalue weighted by molar-refractivity contribution is -0.117. The first-order chi connectivity index (χ1) is 7.99. The Morgan fingerprint density at radius 3 is 2.82 bits per heavy atom. The van der Waals surface area contributed by atoms with Crippen LogP contribution in [0.2, 0.25) is 5.02 Å². The predicted octanol–water partition coefficient (Wildman–Crippen LogP) is 0.195. The van der Waals surface area contributed by atoms with Gasteiger partial charge in [0.1, 0.15) is 11.5 Å². The number of nitrogens with zero attached hydrogens (tertiary/aromatic N) is 4. The average molecular weight is 255 g/mol. The zero-order chi connectivity index (χ0) is 12.6. The van der Waals surface area contributed by atoms with E-state index in [9.17, 15) is 4.79 Å². The molecule has 17 heavy (non-hydrogen) atoms. The second-order valence-corrected chi connectivity index (χ2v) is 4.00. The summed E-state index contributed by atoms with van der Waals surface area (Å²) in [5, 5.41) is 11.3. The number of nitrogens with one attached hydrogen (secondary N) is 1. The normalized spacial score (nSPS) is 10.8. The Morgan fingerprint density at radius 1 is 1.59 bits per heavy atom. The van der Waals surface area contributed by atoms with E-state index >= 15 is 0 Å². The highest BCUT2D eigenvalue weighted by Gasteiger charge is 2.17. The molecule has 90 valence electrons. The molecule has 0 spiro atoms. The molecule has 1 amide bonds. The molecule has 0 atom stereocenters. The number of hydrogen-bond donors (Lipinski definition) is 2. The lowest BCUT2D eigenvalue weighted by Gasteiger charge is -1.95. The number of halogens is 1. The smallest absolute Gasteiger partial charge is 0.225 e. The van der Waals surface area contributed by atoms with E-state index in [0.717, 1.165) is 0 Å². The highest BCUT2D eigenvalue weighted by Crippen LogP contribution is 2.27. The van der Waals surface area contributed by atoms with Crippen molar-refractivity contribution in [2.24, 2.45) is 12.8 Å². The molecule has 0 fully saturated rings. The van der Waals surface area contributed by atoms with Crippen molar-refractivity contribution >= 4 is 17.5 Å². The van der Waals surface area contributed by atoms with Crippen LogP contribution in [-0.2, 0) is 18.3 Å². The van der Waals surface area contributed by atoms with Gasteiger partial charge in [0.25, 0.3) is 0 Å². The minimum atomic E-state index is -0.472. The molecule has 0 aliphatic carbocycles. The van der Waals surface area contributed by atoms with E-state index in [1.807, 2.05) is 0 Å². The minimum Gasteiger partial charge on any atom is -0.369 e. The molecule has 2 aromatic heterocycles. The Kier molecular flexibility index (Phi) is 2.84. The molecule has 8 heteroatoms. The highest BCUT2D eigenvalue weighted by molar-refractivity contribution is 6.33. The number of carbonyl (C=O) groups is 1. The molecule has 7 nitrogen and oxygen atoms in total. The lowest BCUT2D eigenvalue weighted by atomic mass is 10.3. The van der Waals surface area contributed by atoms with Gasteiger partial charge in [0.2, 0.25) is 11.7 Å². The summed E-state index contributed by atoms with van der Waals surface area (Å²) in [5.74, 6) is 0.330. The van der Waals surface area contributed by atoms with Crippen LogP contribution in [0, 0.1) is 6.92 Å². The highest BCUT2D eigenvalue weighted by atomic mass is 35.5. The molecule has 2 heterocycles. The Labute approximate surface area is 102 Å². The number of hydrogen-bond acceptors (Lipinski definition) is 4. The fourth-order valence-corrected chi connectivity index (χ4v) is 1.77. The van der Waals surface area contributed by atoms with Crippen LogP contribution in [0.3, 0.4) is 0 Å². The van der Waals surface area contributed by atoms with Crippen molar-refractivity contribution in [2.75, 3.05) is 0 Å². The second kappa shape index (κ2) is 4.17. The van der Waals surface area contributed by atoms with Crippen molar-refractivity contribution in [3.63, 3.8) is 0 Å². The van der Waals surface area contributed by atoms with E-state index in [1.165, 1.54) is 0 Å². The quantitative estimate of drug-likeness (QED) is 0.816. The molecule has 2 aromatic rings. The Hall–Kier alpha value is -1.89. The largest absolute Gasteiger partial charge is 0.369 e. The van der Waals surface area contributed by atoms with Crippen molar-refractivity contribution in [3.8, 4) is 11.5 Å². The maximum absolute atomic E-state index is 10.7. The van der Waals surface area contributed by atoms with Crippen LogP contribution in [0.5, 0.6) is 0 Å². The van der Waals surface area contributed by atoms with Gasteiger partial charge in [-0.3, -0.25) is 14.6 Å². The van der Waals surface area contributed by atoms with Crippen molar-refractivity contribution in [1.82, 2.24) is 25.0 Å². The van der Waals surface area contributed by atoms with Gasteiger partial charge in [-0.05, 0) is 6.92 Å². The van der Waals surface area contributed by atoms with E-state index < -0.39 is 5.91 Å². The van der Waals surface area contributed by atoms with E-state index in [2.05, 4.69) is 20.3 Å². The van der Waals surface area contributed by atoms with Gasteiger partial charge in [0.05, 0.1) is 17.1 Å². The van der Waals surface area contributed by atoms with Gasteiger partial charge in [-0.2, -0.15) is 10.2 Å².